The second-order valence-electron chi connectivity index (χ2n) is 5.87. The Morgan fingerprint density at radius 3 is 2.62 bits per heavy atom. The summed E-state index contributed by atoms with van der Waals surface area (Å²) in [7, 11) is 1.81. The number of hydrogen-bond donors (Lipinski definition) is 0. The average Bonchev–Trinajstić information content (AvgIpc) is 2.61. The lowest BCUT2D eigenvalue weighted by molar-refractivity contribution is -0.128. The second-order valence-corrected chi connectivity index (χ2v) is 6.92. The van der Waals surface area contributed by atoms with Gasteiger partial charge < -0.3 is 14.4 Å². The van der Waals surface area contributed by atoms with Crippen LogP contribution in [-0.2, 0) is 4.79 Å². The van der Waals surface area contributed by atoms with Crippen LogP contribution >= 0.6 is 11.8 Å². The minimum atomic E-state index is -0.141. The predicted octanol–water partition coefficient (Wildman–Crippen LogP) is 3.39. The van der Waals surface area contributed by atoms with Crippen molar-refractivity contribution >= 4 is 17.7 Å². The fourth-order valence-corrected chi connectivity index (χ4v) is 3.29. The zero-order chi connectivity index (χ0) is 16.9. The van der Waals surface area contributed by atoms with Crippen molar-refractivity contribution in [2.24, 2.45) is 0 Å². The Balaban J connectivity index is 1.49. The molecule has 1 aliphatic rings. The van der Waals surface area contributed by atoms with E-state index < -0.39 is 0 Å². The van der Waals surface area contributed by atoms with E-state index in [2.05, 4.69) is 19.1 Å². The van der Waals surface area contributed by atoms with Gasteiger partial charge in [-0.1, -0.05) is 29.8 Å². The summed E-state index contributed by atoms with van der Waals surface area (Å²) >= 11 is 1.55. The molecule has 0 aliphatic carbocycles. The van der Waals surface area contributed by atoms with Gasteiger partial charge in [-0.3, -0.25) is 4.79 Å². The number of rotatable bonds is 5. The third kappa shape index (κ3) is 4.23. The van der Waals surface area contributed by atoms with Crippen molar-refractivity contribution in [3.8, 4) is 11.5 Å². The van der Waals surface area contributed by atoms with E-state index in [0.29, 0.717) is 18.9 Å². The highest BCUT2D eigenvalue weighted by Crippen LogP contribution is 2.31. The van der Waals surface area contributed by atoms with Gasteiger partial charge in [0.1, 0.15) is 6.61 Å². The molecular weight excluding hydrogens is 322 g/mol. The van der Waals surface area contributed by atoms with Crippen molar-refractivity contribution in [2.75, 3.05) is 26.0 Å². The van der Waals surface area contributed by atoms with Crippen LogP contribution < -0.4 is 9.47 Å². The Kier molecular flexibility index (Phi) is 5.30. The van der Waals surface area contributed by atoms with E-state index in [4.69, 9.17) is 9.47 Å². The molecule has 0 aromatic heterocycles. The van der Waals surface area contributed by atoms with E-state index >= 15 is 0 Å². The summed E-state index contributed by atoms with van der Waals surface area (Å²) in [6.45, 7) is 3.03. The summed E-state index contributed by atoms with van der Waals surface area (Å²) in [5.74, 6) is 2.01. The molecule has 4 nitrogen and oxygen atoms in total. The van der Waals surface area contributed by atoms with E-state index in [1.165, 1.54) is 5.56 Å². The number of aryl methyl sites for hydroxylation is 1. The number of carbonyl (C=O) groups excluding carboxylic acids is 1. The molecule has 1 amide bonds. The summed E-state index contributed by atoms with van der Waals surface area (Å²) in [6.07, 6.45) is -0.141. The van der Waals surface area contributed by atoms with Gasteiger partial charge in [-0.2, -0.15) is 0 Å². The highest BCUT2D eigenvalue weighted by atomic mass is 32.2. The number of ether oxygens (including phenoxy) is 2. The Bertz CT molecular complexity index is 702. The molecule has 0 N–H and O–H groups in total. The van der Waals surface area contributed by atoms with Crippen LogP contribution in [0.5, 0.6) is 11.5 Å². The first-order valence-electron chi connectivity index (χ1n) is 7.94. The molecule has 1 unspecified atom stereocenters. The van der Waals surface area contributed by atoms with Gasteiger partial charge in [-0.15, -0.1) is 11.8 Å². The highest BCUT2D eigenvalue weighted by Gasteiger charge is 2.23. The fourth-order valence-electron chi connectivity index (χ4n) is 2.45. The first-order chi connectivity index (χ1) is 11.6. The number of benzene rings is 2. The van der Waals surface area contributed by atoms with Gasteiger partial charge in [-0.25, -0.2) is 0 Å². The summed E-state index contributed by atoms with van der Waals surface area (Å²) in [4.78, 5) is 15.1. The van der Waals surface area contributed by atoms with Gasteiger partial charge in [-0.05, 0) is 31.2 Å². The van der Waals surface area contributed by atoms with Crippen molar-refractivity contribution in [1.82, 2.24) is 4.90 Å². The van der Waals surface area contributed by atoms with Crippen LogP contribution in [0.15, 0.2) is 53.4 Å². The molecule has 2 aromatic carbocycles. The number of carbonyl (C=O) groups is 1. The van der Waals surface area contributed by atoms with Crippen molar-refractivity contribution in [2.45, 2.75) is 17.9 Å². The molecule has 1 heterocycles. The van der Waals surface area contributed by atoms with Gasteiger partial charge in [0.15, 0.2) is 17.6 Å². The summed E-state index contributed by atoms with van der Waals surface area (Å²) in [5, 5.41) is 0. The van der Waals surface area contributed by atoms with E-state index in [1.807, 2.05) is 43.4 Å². The van der Waals surface area contributed by atoms with Gasteiger partial charge in [0.25, 0.3) is 0 Å². The van der Waals surface area contributed by atoms with Crippen molar-refractivity contribution in [3.05, 3.63) is 54.1 Å². The first-order valence-corrected chi connectivity index (χ1v) is 8.92. The molecular formula is C19H21NO3S. The third-order valence-corrected chi connectivity index (χ3v) is 4.85. The monoisotopic (exact) mass is 343 g/mol. The summed E-state index contributed by atoms with van der Waals surface area (Å²) in [6, 6.07) is 15.8. The molecule has 0 bridgehead atoms. The van der Waals surface area contributed by atoms with E-state index in [1.54, 1.807) is 16.7 Å². The lowest BCUT2D eigenvalue weighted by Gasteiger charge is -2.29. The molecule has 0 fully saturated rings. The summed E-state index contributed by atoms with van der Waals surface area (Å²) < 4.78 is 11.6. The number of para-hydroxylation sites is 2. The van der Waals surface area contributed by atoms with Crippen LogP contribution in [0.2, 0.25) is 0 Å². The Morgan fingerprint density at radius 1 is 1.17 bits per heavy atom. The Labute approximate surface area is 146 Å². The number of nitrogens with zero attached hydrogens (tertiary/aromatic N) is 1. The van der Waals surface area contributed by atoms with Crippen LogP contribution in [0, 0.1) is 6.92 Å². The molecule has 0 saturated carbocycles. The fraction of sp³-hybridized carbons (Fsp3) is 0.316. The molecule has 3 rings (SSSR count). The molecule has 1 aliphatic heterocycles. The largest absolute Gasteiger partial charge is 0.486 e. The smallest absolute Gasteiger partial charge is 0.232 e. The molecule has 0 saturated heterocycles. The predicted molar refractivity (Wildman–Crippen MR) is 95.9 cm³/mol. The van der Waals surface area contributed by atoms with Crippen LogP contribution in [0.3, 0.4) is 0 Å². The minimum Gasteiger partial charge on any atom is -0.486 e. The molecule has 2 aromatic rings. The van der Waals surface area contributed by atoms with Crippen molar-refractivity contribution < 1.29 is 14.3 Å². The summed E-state index contributed by atoms with van der Waals surface area (Å²) in [5.41, 5.74) is 1.22. The quantitative estimate of drug-likeness (QED) is 0.780. The van der Waals surface area contributed by atoms with Crippen molar-refractivity contribution in [3.63, 3.8) is 0 Å². The topological polar surface area (TPSA) is 38.8 Å². The lowest BCUT2D eigenvalue weighted by atomic mass is 10.2. The standard InChI is InChI=1S/C19H21NO3S/c1-14-7-9-16(10-8-14)24-13-19(21)20(2)11-15-12-22-17-5-3-4-6-18(17)23-15/h3-10,15H,11-13H2,1-2H3. The minimum absolute atomic E-state index is 0.0861. The van der Waals surface area contributed by atoms with Crippen molar-refractivity contribution in [1.29, 1.82) is 0 Å². The molecule has 126 valence electrons. The van der Waals surface area contributed by atoms with E-state index in [-0.39, 0.29) is 12.0 Å². The maximum atomic E-state index is 12.3. The number of hydrogen-bond acceptors (Lipinski definition) is 4. The second kappa shape index (κ2) is 7.62. The van der Waals surface area contributed by atoms with E-state index in [9.17, 15) is 4.79 Å². The molecule has 5 heteroatoms. The van der Waals surface area contributed by atoms with E-state index in [0.717, 1.165) is 16.4 Å². The number of amides is 1. The highest BCUT2D eigenvalue weighted by molar-refractivity contribution is 8.00. The van der Waals surface area contributed by atoms with Gasteiger partial charge in [0.2, 0.25) is 5.91 Å². The molecule has 24 heavy (non-hydrogen) atoms. The van der Waals surface area contributed by atoms with Gasteiger partial charge in [0.05, 0.1) is 12.3 Å². The number of fused-ring (bicyclic) bond motifs is 1. The molecule has 0 radical (unpaired) electrons. The van der Waals surface area contributed by atoms with Crippen LogP contribution in [0.4, 0.5) is 0 Å². The zero-order valence-corrected chi connectivity index (χ0v) is 14.7. The lowest BCUT2D eigenvalue weighted by Crippen LogP contribution is -2.42. The first kappa shape index (κ1) is 16.7. The molecule has 0 spiro atoms. The SMILES string of the molecule is Cc1ccc(SCC(=O)N(C)CC2COc3ccccc3O2)cc1. The normalized spacial score (nSPS) is 15.8. The van der Waals surface area contributed by atoms with Crippen LogP contribution in [0.25, 0.3) is 0 Å². The number of likely N-dealkylation sites (N-methyl/N-ethyl adjacent to an activating group) is 1. The van der Waals surface area contributed by atoms with Crippen LogP contribution in [-0.4, -0.2) is 42.9 Å². The number of thioether (sulfide) groups is 1. The maximum absolute atomic E-state index is 12.3. The Morgan fingerprint density at radius 2 is 1.88 bits per heavy atom. The molecule has 1 atom stereocenters. The zero-order valence-electron chi connectivity index (χ0n) is 13.9. The van der Waals surface area contributed by atoms with Gasteiger partial charge >= 0.3 is 0 Å². The Hall–Kier alpha value is -2.14. The van der Waals surface area contributed by atoms with Gasteiger partial charge in [0, 0.05) is 11.9 Å². The third-order valence-electron chi connectivity index (χ3n) is 3.85. The van der Waals surface area contributed by atoms with Crippen LogP contribution in [0.1, 0.15) is 5.56 Å². The maximum Gasteiger partial charge on any atom is 0.232 e. The average molecular weight is 343 g/mol.